The second kappa shape index (κ2) is 8.93. The van der Waals surface area contributed by atoms with Crippen LogP contribution in [0.4, 0.5) is 0 Å². The Morgan fingerprint density at radius 3 is 2.90 bits per heavy atom. The molecule has 0 unspecified atom stereocenters. The fraction of sp³-hybridized carbons (Fsp3) is 0.188. The van der Waals surface area contributed by atoms with Gasteiger partial charge in [0.15, 0.2) is 0 Å². The van der Waals surface area contributed by atoms with Gasteiger partial charge in [0.25, 0.3) is 0 Å². The molecule has 0 bridgehead atoms. The van der Waals surface area contributed by atoms with Gasteiger partial charge in [0.1, 0.15) is 0 Å². The Morgan fingerprint density at radius 1 is 1.29 bits per heavy atom. The highest BCUT2D eigenvalue weighted by Crippen LogP contribution is 2.17. The summed E-state index contributed by atoms with van der Waals surface area (Å²) in [6.07, 6.45) is 3.25. The quantitative estimate of drug-likeness (QED) is 0.596. The molecule has 0 radical (unpaired) electrons. The molecule has 0 saturated heterocycles. The zero-order valence-corrected chi connectivity index (χ0v) is 13.8. The number of thiophene rings is 1. The zero-order chi connectivity index (χ0) is 14.9. The van der Waals surface area contributed by atoms with Gasteiger partial charge in [0, 0.05) is 34.0 Å². The van der Waals surface area contributed by atoms with Crippen LogP contribution in [0.1, 0.15) is 10.4 Å². The van der Waals surface area contributed by atoms with Crippen molar-refractivity contribution in [3.05, 3.63) is 63.3 Å². The van der Waals surface area contributed by atoms with Gasteiger partial charge in [0.2, 0.25) is 5.91 Å². The number of carbonyl (C=O) groups is 1. The minimum atomic E-state index is -0.0911. The van der Waals surface area contributed by atoms with Gasteiger partial charge in [-0.15, -0.1) is 11.3 Å². The summed E-state index contributed by atoms with van der Waals surface area (Å²) in [5, 5.41) is 5.59. The number of nitrogens with one attached hydrogen (secondary N) is 1. The molecule has 5 heteroatoms. The lowest BCUT2D eigenvalue weighted by Crippen LogP contribution is -2.23. The van der Waals surface area contributed by atoms with E-state index < -0.39 is 0 Å². The molecule has 0 aliphatic rings. The molecule has 0 saturated carbocycles. The maximum Gasteiger partial charge on any atom is 0.244 e. The number of benzene rings is 1. The standard InChI is InChI=1S/C16H16ClNOS2/c17-15-6-2-1-4-13(15)7-8-16(19)18-9-11-20-12-14-5-3-10-21-14/h1-8,10H,9,11-12H2,(H,18,19)/b8-7+. The minimum Gasteiger partial charge on any atom is -0.352 e. The lowest BCUT2D eigenvalue weighted by atomic mass is 10.2. The molecule has 2 aromatic rings. The molecular formula is C16H16ClNOS2. The molecule has 2 rings (SSSR count). The van der Waals surface area contributed by atoms with Crippen molar-refractivity contribution in [1.82, 2.24) is 5.32 Å². The molecule has 110 valence electrons. The topological polar surface area (TPSA) is 29.1 Å². The maximum atomic E-state index is 11.7. The highest BCUT2D eigenvalue weighted by Gasteiger charge is 1.98. The van der Waals surface area contributed by atoms with Crippen molar-refractivity contribution in [3.8, 4) is 0 Å². The first-order valence-electron chi connectivity index (χ1n) is 6.56. The SMILES string of the molecule is O=C(/C=C/c1ccccc1Cl)NCCSCc1cccs1. The van der Waals surface area contributed by atoms with Crippen molar-refractivity contribution in [2.45, 2.75) is 5.75 Å². The third-order valence-electron chi connectivity index (χ3n) is 2.69. The van der Waals surface area contributed by atoms with Crippen LogP contribution in [0.2, 0.25) is 5.02 Å². The Labute approximate surface area is 138 Å². The number of halogens is 1. The van der Waals surface area contributed by atoms with Crippen molar-refractivity contribution < 1.29 is 4.79 Å². The van der Waals surface area contributed by atoms with Gasteiger partial charge in [-0.2, -0.15) is 11.8 Å². The molecular weight excluding hydrogens is 322 g/mol. The summed E-state index contributed by atoms with van der Waals surface area (Å²) in [6.45, 7) is 0.668. The van der Waals surface area contributed by atoms with E-state index in [0.29, 0.717) is 11.6 Å². The fourth-order valence-corrected chi connectivity index (χ4v) is 3.55. The maximum absolute atomic E-state index is 11.7. The van der Waals surface area contributed by atoms with Crippen LogP contribution in [0, 0.1) is 0 Å². The van der Waals surface area contributed by atoms with Crippen LogP contribution in [0.5, 0.6) is 0 Å². The largest absolute Gasteiger partial charge is 0.352 e. The van der Waals surface area contributed by atoms with E-state index in [4.69, 9.17) is 11.6 Å². The predicted octanol–water partition coefficient (Wildman–Crippen LogP) is 4.46. The lowest BCUT2D eigenvalue weighted by Gasteiger charge is -2.02. The van der Waals surface area contributed by atoms with Gasteiger partial charge in [-0.05, 0) is 29.2 Å². The summed E-state index contributed by atoms with van der Waals surface area (Å²) in [5.41, 5.74) is 0.849. The molecule has 2 nitrogen and oxygen atoms in total. The zero-order valence-electron chi connectivity index (χ0n) is 11.4. The summed E-state index contributed by atoms with van der Waals surface area (Å²) >= 11 is 9.60. The van der Waals surface area contributed by atoms with Crippen LogP contribution < -0.4 is 5.32 Å². The van der Waals surface area contributed by atoms with E-state index in [0.717, 1.165) is 17.1 Å². The summed E-state index contributed by atoms with van der Waals surface area (Å²) in [4.78, 5) is 13.0. The van der Waals surface area contributed by atoms with Crippen LogP contribution in [-0.2, 0) is 10.5 Å². The van der Waals surface area contributed by atoms with Gasteiger partial charge >= 0.3 is 0 Å². The molecule has 21 heavy (non-hydrogen) atoms. The van der Waals surface area contributed by atoms with E-state index in [2.05, 4.69) is 22.8 Å². The summed E-state index contributed by atoms with van der Waals surface area (Å²) in [7, 11) is 0. The number of rotatable bonds is 7. The number of amides is 1. The third kappa shape index (κ3) is 5.96. The fourth-order valence-electron chi connectivity index (χ4n) is 1.65. The summed E-state index contributed by atoms with van der Waals surface area (Å²) in [5.74, 6) is 1.82. The van der Waals surface area contributed by atoms with E-state index in [1.807, 2.05) is 30.0 Å². The van der Waals surface area contributed by atoms with Gasteiger partial charge in [-0.1, -0.05) is 35.9 Å². The van der Waals surface area contributed by atoms with E-state index >= 15 is 0 Å². The van der Waals surface area contributed by atoms with Gasteiger partial charge in [-0.25, -0.2) is 0 Å². The van der Waals surface area contributed by atoms with Crippen molar-refractivity contribution >= 4 is 46.7 Å². The highest BCUT2D eigenvalue weighted by molar-refractivity contribution is 7.98. The highest BCUT2D eigenvalue weighted by atomic mass is 35.5. The Hall–Kier alpha value is -1.23. The second-order valence-corrected chi connectivity index (χ2v) is 6.82. The van der Waals surface area contributed by atoms with E-state index in [-0.39, 0.29) is 5.91 Å². The molecule has 1 heterocycles. The van der Waals surface area contributed by atoms with Gasteiger partial charge < -0.3 is 5.32 Å². The molecule has 1 aromatic carbocycles. The van der Waals surface area contributed by atoms with Crippen molar-refractivity contribution in [2.75, 3.05) is 12.3 Å². The van der Waals surface area contributed by atoms with Gasteiger partial charge in [-0.3, -0.25) is 4.79 Å². The molecule has 1 amide bonds. The van der Waals surface area contributed by atoms with Crippen LogP contribution >= 0.6 is 34.7 Å². The molecule has 0 atom stereocenters. The number of thioether (sulfide) groups is 1. The van der Waals surface area contributed by atoms with Crippen LogP contribution in [0.25, 0.3) is 6.08 Å². The summed E-state index contributed by atoms with van der Waals surface area (Å²) < 4.78 is 0. The molecule has 0 fully saturated rings. The molecule has 0 aliphatic carbocycles. The lowest BCUT2D eigenvalue weighted by molar-refractivity contribution is -0.116. The van der Waals surface area contributed by atoms with Gasteiger partial charge in [0.05, 0.1) is 0 Å². The van der Waals surface area contributed by atoms with E-state index in [1.54, 1.807) is 23.5 Å². The molecule has 0 aliphatic heterocycles. The van der Waals surface area contributed by atoms with E-state index in [9.17, 15) is 4.79 Å². The van der Waals surface area contributed by atoms with Crippen molar-refractivity contribution in [2.24, 2.45) is 0 Å². The Morgan fingerprint density at radius 2 is 2.14 bits per heavy atom. The van der Waals surface area contributed by atoms with Crippen LogP contribution in [-0.4, -0.2) is 18.2 Å². The Balaban J connectivity index is 1.64. The Bertz CT molecular complexity index is 596. The minimum absolute atomic E-state index is 0.0911. The molecule has 0 spiro atoms. The average Bonchev–Trinajstić information content (AvgIpc) is 2.99. The smallest absolute Gasteiger partial charge is 0.244 e. The molecule has 1 N–H and O–H groups in total. The first-order chi connectivity index (χ1) is 10.3. The normalized spacial score (nSPS) is 10.9. The first-order valence-corrected chi connectivity index (χ1v) is 8.97. The van der Waals surface area contributed by atoms with Crippen molar-refractivity contribution in [1.29, 1.82) is 0 Å². The second-order valence-electron chi connectivity index (χ2n) is 4.28. The number of hydrogen-bond acceptors (Lipinski definition) is 3. The van der Waals surface area contributed by atoms with Crippen LogP contribution in [0.15, 0.2) is 47.9 Å². The first kappa shape index (κ1) is 16.1. The Kier molecular flexibility index (Phi) is 6.86. The summed E-state index contributed by atoms with van der Waals surface area (Å²) in [6, 6.07) is 11.6. The predicted molar refractivity (Wildman–Crippen MR) is 94.0 cm³/mol. The monoisotopic (exact) mass is 337 g/mol. The molecule has 1 aromatic heterocycles. The number of carbonyl (C=O) groups excluding carboxylic acids is 1. The average molecular weight is 338 g/mol. The number of hydrogen-bond donors (Lipinski definition) is 1. The van der Waals surface area contributed by atoms with E-state index in [1.165, 1.54) is 11.0 Å². The van der Waals surface area contributed by atoms with Crippen molar-refractivity contribution in [3.63, 3.8) is 0 Å². The third-order valence-corrected chi connectivity index (χ3v) is 5.10. The van der Waals surface area contributed by atoms with Crippen LogP contribution in [0.3, 0.4) is 0 Å².